The second-order valence-electron chi connectivity index (χ2n) is 4.02. The van der Waals surface area contributed by atoms with Crippen molar-refractivity contribution in [3.05, 3.63) is 35.4 Å². The molecule has 0 amide bonds. The molecule has 0 bridgehead atoms. The first kappa shape index (κ1) is 14.1. The Morgan fingerprint density at radius 2 is 1.82 bits per heavy atom. The highest BCUT2D eigenvalue weighted by atomic mass is 19.1. The van der Waals surface area contributed by atoms with Crippen molar-refractivity contribution in [3.8, 4) is 0 Å². The number of halogens is 2. The van der Waals surface area contributed by atoms with E-state index < -0.39 is 5.82 Å². The fourth-order valence-corrected chi connectivity index (χ4v) is 1.54. The van der Waals surface area contributed by atoms with Gasteiger partial charge >= 0.3 is 0 Å². The van der Waals surface area contributed by atoms with Crippen molar-refractivity contribution in [2.45, 2.75) is 26.3 Å². The number of hydrogen-bond acceptors (Lipinski definition) is 2. The van der Waals surface area contributed by atoms with E-state index in [4.69, 9.17) is 0 Å². The Kier molecular flexibility index (Phi) is 6.74. The summed E-state index contributed by atoms with van der Waals surface area (Å²) in [5, 5.41) is 6.38. The van der Waals surface area contributed by atoms with E-state index in [1.807, 2.05) is 0 Å². The monoisotopic (exact) mass is 242 g/mol. The minimum atomic E-state index is -0.396. The van der Waals surface area contributed by atoms with Gasteiger partial charge in [-0.15, -0.1) is 0 Å². The number of benzene rings is 1. The SMILES string of the molecule is CCCNCCCNCc1cc(F)ccc1F. The summed E-state index contributed by atoms with van der Waals surface area (Å²) in [6.45, 7) is 5.27. The van der Waals surface area contributed by atoms with Crippen LogP contribution in [0.4, 0.5) is 8.78 Å². The molecule has 2 N–H and O–H groups in total. The predicted molar refractivity (Wildman–Crippen MR) is 65.8 cm³/mol. The molecule has 0 saturated heterocycles. The standard InChI is InChI=1S/C13H20F2N2/c1-2-6-16-7-3-8-17-10-11-9-12(14)4-5-13(11)15/h4-5,9,16-17H,2-3,6-8,10H2,1H3. The summed E-state index contributed by atoms with van der Waals surface area (Å²) in [6, 6.07) is 3.53. The minimum absolute atomic E-state index is 0.358. The molecule has 1 aromatic carbocycles. The Balaban J connectivity index is 2.15. The van der Waals surface area contributed by atoms with E-state index >= 15 is 0 Å². The Hall–Kier alpha value is -1.00. The quantitative estimate of drug-likeness (QED) is 0.684. The van der Waals surface area contributed by atoms with Crippen molar-refractivity contribution in [2.75, 3.05) is 19.6 Å². The molecule has 0 aliphatic heterocycles. The smallest absolute Gasteiger partial charge is 0.127 e. The molecule has 0 radical (unpaired) electrons. The molecular formula is C13H20F2N2. The highest BCUT2D eigenvalue weighted by Crippen LogP contribution is 2.08. The largest absolute Gasteiger partial charge is 0.317 e. The van der Waals surface area contributed by atoms with Crippen LogP contribution in [-0.2, 0) is 6.54 Å². The van der Waals surface area contributed by atoms with Crippen LogP contribution >= 0.6 is 0 Å². The third kappa shape index (κ3) is 5.75. The lowest BCUT2D eigenvalue weighted by molar-refractivity contribution is 0.555. The van der Waals surface area contributed by atoms with E-state index in [9.17, 15) is 8.78 Å². The van der Waals surface area contributed by atoms with Gasteiger partial charge in [0, 0.05) is 12.1 Å². The van der Waals surface area contributed by atoms with E-state index in [1.54, 1.807) is 0 Å². The Morgan fingerprint density at radius 3 is 2.59 bits per heavy atom. The molecule has 2 nitrogen and oxygen atoms in total. The summed E-state index contributed by atoms with van der Waals surface area (Å²) in [7, 11) is 0. The van der Waals surface area contributed by atoms with Crippen LogP contribution < -0.4 is 10.6 Å². The maximum Gasteiger partial charge on any atom is 0.127 e. The molecule has 0 spiro atoms. The van der Waals surface area contributed by atoms with Crippen molar-refractivity contribution in [1.82, 2.24) is 10.6 Å². The zero-order chi connectivity index (χ0) is 12.5. The van der Waals surface area contributed by atoms with E-state index in [2.05, 4.69) is 17.6 Å². The summed E-state index contributed by atoms with van der Waals surface area (Å²) < 4.78 is 26.1. The minimum Gasteiger partial charge on any atom is -0.317 e. The molecule has 0 atom stereocenters. The fourth-order valence-electron chi connectivity index (χ4n) is 1.54. The molecule has 1 rings (SSSR count). The molecule has 1 aromatic rings. The van der Waals surface area contributed by atoms with E-state index in [0.29, 0.717) is 12.1 Å². The van der Waals surface area contributed by atoms with Gasteiger partial charge in [-0.2, -0.15) is 0 Å². The maximum atomic E-state index is 13.2. The van der Waals surface area contributed by atoms with Crippen molar-refractivity contribution < 1.29 is 8.78 Å². The molecule has 4 heteroatoms. The van der Waals surface area contributed by atoms with Crippen LogP contribution in [0.25, 0.3) is 0 Å². The number of hydrogen-bond donors (Lipinski definition) is 2. The van der Waals surface area contributed by atoms with Gasteiger partial charge in [0.25, 0.3) is 0 Å². The predicted octanol–water partition coefficient (Wildman–Crippen LogP) is 2.44. The molecule has 17 heavy (non-hydrogen) atoms. The first-order valence-corrected chi connectivity index (χ1v) is 6.09. The van der Waals surface area contributed by atoms with Gasteiger partial charge in [-0.3, -0.25) is 0 Å². The molecule has 0 aliphatic carbocycles. The molecule has 0 aliphatic rings. The molecule has 0 heterocycles. The highest BCUT2D eigenvalue weighted by molar-refractivity contribution is 5.18. The molecule has 0 saturated carbocycles. The van der Waals surface area contributed by atoms with Crippen LogP contribution in [0, 0.1) is 11.6 Å². The van der Waals surface area contributed by atoms with Gasteiger partial charge in [0.1, 0.15) is 11.6 Å². The lowest BCUT2D eigenvalue weighted by Crippen LogP contribution is -2.22. The van der Waals surface area contributed by atoms with Gasteiger partial charge in [0.15, 0.2) is 0 Å². The first-order chi connectivity index (χ1) is 8.24. The zero-order valence-electron chi connectivity index (χ0n) is 10.2. The molecule has 0 fully saturated rings. The lowest BCUT2D eigenvalue weighted by Gasteiger charge is -2.06. The third-order valence-corrected chi connectivity index (χ3v) is 2.46. The lowest BCUT2D eigenvalue weighted by atomic mass is 10.2. The van der Waals surface area contributed by atoms with E-state index in [1.165, 1.54) is 6.07 Å². The molecular weight excluding hydrogens is 222 g/mol. The summed E-state index contributed by atoms with van der Waals surface area (Å²) >= 11 is 0. The van der Waals surface area contributed by atoms with Crippen molar-refractivity contribution in [1.29, 1.82) is 0 Å². The van der Waals surface area contributed by atoms with Crippen LogP contribution in [0.2, 0.25) is 0 Å². The normalized spacial score (nSPS) is 10.8. The van der Waals surface area contributed by atoms with E-state index in [-0.39, 0.29) is 5.82 Å². The number of rotatable bonds is 8. The topological polar surface area (TPSA) is 24.1 Å². The Morgan fingerprint density at radius 1 is 1.06 bits per heavy atom. The van der Waals surface area contributed by atoms with E-state index in [0.717, 1.165) is 44.6 Å². The average Bonchev–Trinajstić information content (AvgIpc) is 2.32. The molecule has 96 valence electrons. The van der Waals surface area contributed by atoms with Crippen molar-refractivity contribution in [2.24, 2.45) is 0 Å². The summed E-state index contributed by atoms with van der Waals surface area (Å²) in [4.78, 5) is 0. The van der Waals surface area contributed by atoms with Gasteiger partial charge in [-0.1, -0.05) is 6.92 Å². The second-order valence-corrected chi connectivity index (χ2v) is 4.02. The maximum absolute atomic E-state index is 13.2. The van der Waals surface area contributed by atoms with Crippen LogP contribution in [0.1, 0.15) is 25.3 Å². The first-order valence-electron chi connectivity index (χ1n) is 6.09. The van der Waals surface area contributed by atoms with Crippen molar-refractivity contribution >= 4 is 0 Å². The van der Waals surface area contributed by atoms with Crippen LogP contribution in [0.3, 0.4) is 0 Å². The summed E-state index contributed by atoms with van der Waals surface area (Å²) in [5.41, 5.74) is 0.381. The van der Waals surface area contributed by atoms with Gasteiger partial charge in [0.05, 0.1) is 0 Å². The van der Waals surface area contributed by atoms with Gasteiger partial charge in [-0.25, -0.2) is 8.78 Å². The van der Waals surface area contributed by atoms with Crippen LogP contribution in [0.15, 0.2) is 18.2 Å². The van der Waals surface area contributed by atoms with Gasteiger partial charge < -0.3 is 10.6 Å². The Bertz CT molecular complexity index is 329. The summed E-state index contributed by atoms with van der Waals surface area (Å²) in [6.07, 6.45) is 2.11. The average molecular weight is 242 g/mol. The molecule has 0 unspecified atom stereocenters. The van der Waals surface area contributed by atoms with Crippen LogP contribution in [-0.4, -0.2) is 19.6 Å². The van der Waals surface area contributed by atoms with Crippen LogP contribution in [0.5, 0.6) is 0 Å². The molecule has 0 aromatic heterocycles. The Labute approximate surface area is 101 Å². The third-order valence-electron chi connectivity index (χ3n) is 2.46. The fraction of sp³-hybridized carbons (Fsp3) is 0.538. The second kappa shape index (κ2) is 8.14. The van der Waals surface area contributed by atoms with Crippen molar-refractivity contribution in [3.63, 3.8) is 0 Å². The highest BCUT2D eigenvalue weighted by Gasteiger charge is 2.02. The van der Waals surface area contributed by atoms with Gasteiger partial charge in [-0.05, 0) is 50.7 Å². The zero-order valence-corrected chi connectivity index (χ0v) is 10.2. The summed E-state index contributed by atoms with van der Waals surface area (Å²) in [5.74, 6) is -0.754. The number of nitrogens with one attached hydrogen (secondary N) is 2. The van der Waals surface area contributed by atoms with Gasteiger partial charge in [0.2, 0.25) is 0 Å².